The van der Waals surface area contributed by atoms with E-state index in [4.69, 9.17) is 15.7 Å². The van der Waals surface area contributed by atoms with Crippen LogP contribution in [0.4, 0.5) is 5.95 Å². The van der Waals surface area contributed by atoms with Gasteiger partial charge in [-0.25, -0.2) is 9.97 Å². The maximum Gasteiger partial charge on any atom is 0.225 e. The fraction of sp³-hybridized carbons (Fsp3) is 0.778. The van der Waals surface area contributed by atoms with Crippen molar-refractivity contribution in [1.82, 2.24) is 14.9 Å². The van der Waals surface area contributed by atoms with Gasteiger partial charge in [-0.1, -0.05) is 13.8 Å². The molecule has 2 aliphatic rings. The first-order valence-electron chi connectivity index (χ1n) is 9.10. The highest BCUT2D eigenvalue weighted by molar-refractivity contribution is 5.34. The van der Waals surface area contributed by atoms with E-state index in [0.29, 0.717) is 18.0 Å². The van der Waals surface area contributed by atoms with Crippen LogP contribution in [-0.2, 0) is 6.42 Å². The molecule has 2 fully saturated rings. The van der Waals surface area contributed by atoms with Crippen molar-refractivity contribution >= 4 is 5.95 Å². The second-order valence-corrected chi connectivity index (χ2v) is 7.66. The summed E-state index contributed by atoms with van der Waals surface area (Å²) < 4.78 is 0. The fourth-order valence-electron chi connectivity index (χ4n) is 3.79. The number of aromatic nitrogens is 2. The van der Waals surface area contributed by atoms with Gasteiger partial charge in [0.2, 0.25) is 5.95 Å². The van der Waals surface area contributed by atoms with Crippen molar-refractivity contribution in [3.63, 3.8) is 0 Å². The Morgan fingerprint density at radius 3 is 2.61 bits per heavy atom. The highest BCUT2D eigenvalue weighted by atomic mass is 15.3. The second kappa shape index (κ2) is 7.14. The Hall–Kier alpha value is -1.20. The van der Waals surface area contributed by atoms with Crippen LogP contribution >= 0.6 is 0 Å². The van der Waals surface area contributed by atoms with E-state index in [0.717, 1.165) is 57.1 Å². The number of nitrogens with zero attached hydrogens (tertiary/aromatic N) is 4. The molecule has 128 valence electrons. The van der Waals surface area contributed by atoms with E-state index in [-0.39, 0.29) is 0 Å². The van der Waals surface area contributed by atoms with Gasteiger partial charge in [0.15, 0.2) is 0 Å². The quantitative estimate of drug-likeness (QED) is 0.920. The molecule has 3 heterocycles. The van der Waals surface area contributed by atoms with Crippen LogP contribution in [0.5, 0.6) is 0 Å². The molecule has 23 heavy (non-hydrogen) atoms. The molecule has 0 radical (unpaired) electrons. The maximum atomic E-state index is 6.03. The molecule has 2 saturated heterocycles. The lowest BCUT2D eigenvalue weighted by atomic mass is 10.0. The molecule has 0 saturated carbocycles. The number of rotatable bonds is 4. The SMILES string of the molecule is Cc1cc(CC(C)C)nc(N2CCC(N3CCC(N)CC3)C2)n1. The number of hydrogen-bond acceptors (Lipinski definition) is 5. The van der Waals surface area contributed by atoms with E-state index in [1.54, 1.807) is 0 Å². The largest absolute Gasteiger partial charge is 0.339 e. The summed E-state index contributed by atoms with van der Waals surface area (Å²) in [4.78, 5) is 14.5. The molecule has 0 aromatic carbocycles. The first kappa shape index (κ1) is 16.7. The van der Waals surface area contributed by atoms with Crippen LogP contribution in [0.1, 0.15) is 44.5 Å². The lowest BCUT2D eigenvalue weighted by molar-refractivity contribution is 0.163. The van der Waals surface area contributed by atoms with Crippen molar-refractivity contribution in [3.05, 3.63) is 17.5 Å². The third kappa shape index (κ3) is 4.21. The van der Waals surface area contributed by atoms with Gasteiger partial charge in [-0.15, -0.1) is 0 Å². The summed E-state index contributed by atoms with van der Waals surface area (Å²) in [5.74, 6) is 1.55. The molecule has 1 aromatic heterocycles. The second-order valence-electron chi connectivity index (χ2n) is 7.66. The molecular weight excluding hydrogens is 286 g/mol. The number of aryl methyl sites for hydroxylation is 1. The minimum absolute atomic E-state index is 0.405. The van der Waals surface area contributed by atoms with Crippen molar-refractivity contribution in [3.8, 4) is 0 Å². The fourth-order valence-corrected chi connectivity index (χ4v) is 3.79. The van der Waals surface area contributed by atoms with Crippen molar-refractivity contribution < 1.29 is 0 Å². The van der Waals surface area contributed by atoms with Crippen molar-refractivity contribution in [2.45, 2.75) is 58.5 Å². The van der Waals surface area contributed by atoms with Gasteiger partial charge in [-0.2, -0.15) is 0 Å². The molecule has 2 aliphatic heterocycles. The van der Waals surface area contributed by atoms with Crippen molar-refractivity contribution in [2.24, 2.45) is 11.7 Å². The smallest absolute Gasteiger partial charge is 0.225 e. The van der Waals surface area contributed by atoms with E-state index in [1.165, 1.54) is 12.1 Å². The Labute approximate surface area is 140 Å². The first-order chi connectivity index (χ1) is 11.0. The van der Waals surface area contributed by atoms with Crippen LogP contribution < -0.4 is 10.6 Å². The molecule has 1 unspecified atom stereocenters. The summed E-state index contributed by atoms with van der Waals surface area (Å²) in [6.45, 7) is 11.0. The molecule has 5 nitrogen and oxygen atoms in total. The average Bonchev–Trinajstić information content (AvgIpc) is 2.96. The number of anilines is 1. The Balaban J connectivity index is 1.65. The summed E-state index contributed by atoms with van der Waals surface area (Å²) >= 11 is 0. The zero-order chi connectivity index (χ0) is 16.4. The van der Waals surface area contributed by atoms with E-state index in [1.807, 2.05) is 0 Å². The number of likely N-dealkylation sites (tertiary alicyclic amines) is 1. The minimum atomic E-state index is 0.405. The van der Waals surface area contributed by atoms with Gasteiger partial charge < -0.3 is 10.6 Å². The zero-order valence-corrected chi connectivity index (χ0v) is 14.8. The molecule has 2 N–H and O–H groups in total. The Morgan fingerprint density at radius 2 is 1.91 bits per heavy atom. The lowest BCUT2D eigenvalue weighted by Gasteiger charge is -2.34. The van der Waals surface area contributed by atoms with Gasteiger partial charge in [-0.3, -0.25) is 4.90 Å². The minimum Gasteiger partial charge on any atom is -0.339 e. The summed E-state index contributed by atoms with van der Waals surface area (Å²) in [6, 6.07) is 3.17. The molecule has 1 atom stereocenters. The normalized spacial score (nSPS) is 23.9. The summed E-state index contributed by atoms with van der Waals surface area (Å²) in [5.41, 5.74) is 8.29. The standard InChI is InChI=1S/C18H31N5/c1-13(2)10-16-11-14(3)20-18(21-16)23-9-6-17(12-23)22-7-4-15(19)5-8-22/h11,13,15,17H,4-10,12,19H2,1-3H3. The molecule has 0 aliphatic carbocycles. The monoisotopic (exact) mass is 317 g/mol. The zero-order valence-electron chi connectivity index (χ0n) is 14.8. The van der Waals surface area contributed by atoms with Gasteiger partial charge in [0, 0.05) is 36.6 Å². The number of nitrogens with two attached hydrogens (primary N) is 1. The highest BCUT2D eigenvalue weighted by Gasteiger charge is 2.31. The Kier molecular flexibility index (Phi) is 5.17. The summed E-state index contributed by atoms with van der Waals surface area (Å²) in [7, 11) is 0. The topological polar surface area (TPSA) is 58.3 Å². The molecule has 0 amide bonds. The maximum absolute atomic E-state index is 6.03. The third-order valence-electron chi connectivity index (χ3n) is 5.05. The van der Waals surface area contributed by atoms with Gasteiger partial charge in [0.05, 0.1) is 0 Å². The molecule has 0 spiro atoms. The van der Waals surface area contributed by atoms with E-state index < -0.39 is 0 Å². The third-order valence-corrected chi connectivity index (χ3v) is 5.05. The first-order valence-corrected chi connectivity index (χ1v) is 9.10. The lowest BCUT2D eigenvalue weighted by Crippen LogP contribution is -2.46. The molecular formula is C18H31N5. The van der Waals surface area contributed by atoms with Crippen LogP contribution in [0, 0.1) is 12.8 Å². The molecule has 3 rings (SSSR count). The van der Waals surface area contributed by atoms with Gasteiger partial charge >= 0.3 is 0 Å². The highest BCUT2D eigenvalue weighted by Crippen LogP contribution is 2.23. The van der Waals surface area contributed by atoms with Gasteiger partial charge in [0.25, 0.3) is 0 Å². The van der Waals surface area contributed by atoms with E-state index in [2.05, 4.69) is 36.6 Å². The van der Waals surface area contributed by atoms with Gasteiger partial charge in [-0.05, 0) is 57.7 Å². The Bertz CT molecular complexity index is 522. The average molecular weight is 317 g/mol. The van der Waals surface area contributed by atoms with Crippen LogP contribution in [0.25, 0.3) is 0 Å². The predicted octanol–water partition coefficient (Wildman–Crippen LogP) is 1.99. The van der Waals surface area contributed by atoms with E-state index in [9.17, 15) is 0 Å². The van der Waals surface area contributed by atoms with Gasteiger partial charge in [0.1, 0.15) is 0 Å². The van der Waals surface area contributed by atoms with Crippen LogP contribution in [0.2, 0.25) is 0 Å². The number of piperidine rings is 1. The molecule has 5 heteroatoms. The van der Waals surface area contributed by atoms with Crippen molar-refractivity contribution in [1.29, 1.82) is 0 Å². The number of hydrogen-bond donors (Lipinski definition) is 1. The Morgan fingerprint density at radius 1 is 1.17 bits per heavy atom. The van der Waals surface area contributed by atoms with E-state index >= 15 is 0 Å². The molecule has 0 bridgehead atoms. The van der Waals surface area contributed by atoms with Crippen LogP contribution in [-0.4, -0.2) is 53.1 Å². The predicted molar refractivity (Wildman–Crippen MR) is 94.7 cm³/mol. The van der Waals surface area contributed by atoms with Crippen LogP contribution in [0.3, 0.4) is 0 Å². The molecule has 1 aromatic rings. The summed E-state index contributed by atoms with van der Waals surface area (Å²) in [6.07, 6.45) is 4.51. The van der Waals surface area contributed by atoms with Crippen LogP contribution in [0.15, 0.2) is 6.07 Å². The summed E-state index contributed by atoms with van der Waals surface area (Å²) in [5, 5.41) is 0. The van der Waals surface area contributed by atoms with Crippen molar-refractivity contribution in [2.75, 3.05) is 31.1 Å².